The van der Waals surface area contributed by atoms with E-state index < -0.39 is 0 Å². The van der Waals surface area contributed by atoms with E-state index in [0.717, 1.165) is 24.6 Å². The molecule has 0 saturated carbocycles. The van der Waals surface area contributed by atoms with Crippen molar-refractivity contribution in [3.05, 3.63) is 30.2 Å². The van der Waals surface area contributed by atoms with Crippen molar-refractivity contribution in [3.8, 4) is 5.82 Å². The van der Waals surface area contributed by atoms with E-state index in [1.165, 1.54) is 0 Å². The van der Waals surface area contributed by atoms with Crippen LogP contribution in [0.4, 0.5) is 0 Å². The molecule has 2 aromatic rings. The second-order valence-electron chi connectivity index (χ2n) is 3.77. The molecule has 0 radical (unpaired) electrons. The van der Waals surface area contributed by atoms with Crippen LogP contribution in [0, 0.1) is 0 Å². The van der Waals surface area contributed by atoms with E-state index in [-0.39, 0.29) is 0 Å². The molecule has 2 heterocycles. The molecule has 0 amide bonds. The molecule has 92 valence electrons. The summed E-state index contributed by atoms with van der Waals surface area (Å²) in [6, 6.07) is 3.91. The fourth-order valence-corrected chi connectivity index (χ4v) is 1.50. The molecule has 0 spiro atoms. The average Bonchev–Trinajstić information content (AvgIpc) is 2.93. The Labute approximate surface area is 100 Å². The number of aryl methyl sites for hydroxylation is 1. The van der Waals surface area contributed by atoms with Crippen LogP contribution >= 0.6 is 0 Å². The summed E-state index contributed by atoms with van der Waals surface area (Å²) in [6.45, 7) is 2.27. The highest BCUT2D eigenvalue weighted by atomic mass is 16.5. The summed E-state index contributed by atoms with van der Waals surface area (Å²) in [5.41, 5.74) is 0.992. The molecule has 2 rings (SSSR count). The average molecular weight is 235 g/mol. The summed E-state index contributed by atoms with van der Waals surface area (Å²) in [7, 11) is 3.58. The maximum absolute atomic E-state index is 4.96. The van der Waals surface area contributed by atoms with E-state index in [9.17, 15) is 0 Å². The second-order valence-corrected chi connectivity index (χ2v) is 3.77. The lowest BCUT2D eigenvalue weighted by molar-refractivity contribution is 0.199. The van der Waals surface area contributed by atoms with Crippen molar-refractivity contribution in [3.63, 3.8) is 0 Å². The number of aromatic nitrogens is 4. The van der Waals surface area contributed by atoms with E-state index >= 15 is 0 Å². The van der Waals surface area contributed by atoms with Gasteiger partial charge in [0.25, 0.3) is 0 Å². The number of nitrogens with one attached hydrogen (secondary N) is 1. The number of ether oxygens (including phenoxy) is 1. The molecule has 6 heteroatoms. The lowest BCUT2D eigenvalue weighted by atomic mass is 10.4. The van der Waals surface area contributed by atoms with Crippen LogP contribution in [0.15, 0.2) is 24.5 Å². The van der Waals surface area contributed by atoms with Crippen LogP contribution in [0.2, 0.25) is 0 Å². The van der Waals surface area contributed by atoms with Gasteiger partial charge >= 0.3 is 0 Å². The largest absolute Gasteiger partial charge is 0.383 e. The van der Waals surface area contributed by atoms with Crippen molar-refractivity contribution in [2.24, 2.45) is 7.05 Å². The fourth-order valence-electron chi connectivity index (χ4n) is 1.50. The number of rotatable bonds is 6. The van der Waals surface area contributed by atoms with Gasteiger partial charge in [0.1, 0.15) is 0 Å². The summed E-state index contributed by atoms with van der Waals surface area (Å²) in [5, 5.41) is 12.0. The Hall–Kier alpha value is -1.66. The Morgan fingerprint density at radius 3 is 2.88 bits per heavy atom. The van der Waals surface area contributed by atoms with Gasteiger partial charge in [-0.1, -0.05) is 0 Å². The van der Waals surface area contributed by atoms with Crippen LogP contribution in [0.25, 0.3) is 5.82 Å². The maximum atomic E-state index is 4.96. The first-order valence-corrected chi connectivity index (χ1v) is 5.54. The fraction of sp³-hybridized carbons (Fsp3) is 0.455. The molecule has 0 unspecified atom stereocenters. The summed E-state index contributed by atoms with van der Waals surface area (Å²) in [5.74, 6) is 0.829. The minimum atomic E-state index is 0.709. The summed E-state index contributed by atoms with van der Waals surface area (Å²) in [6.07, 6.45) is 3.81. The zero-order chi connectivity index (χ0) is 12.1. The number of hydrogen-bond donors (Lipinski definition) is 1. The molecule has 17 heavy (non-hydrogen) atoms. The Kier molecular flexibility index (Phi) is 3.89. The maximum Gasteiger partial charge on any atom is 0.174 e. The van der Waals surface area contributed by atoms with Crippen LogP contribution in [-0.2, 0) is 18.3 Å². The van der Waals surface area contributed by atoms with Gasteiger partial charge in [0.2, 0.25) is 0 Å². The van der Waals surface area contributed by atoms with Gasteiger partial charge in [-0.05, 0) is 6.07 Å². The van der Waals surface area contributed by atoms with Gasteiger partial charge in [-0.3, -0.25) is 4.68 Å². The molecular formula is C11H17N5O. The molecule has 0 fully saturated rings. The lowest BCUT2D eigenvalue weighted by Gasteiger charge is -2.00. The Balaban J connectivity index is 1.92. The van der Waals surface area contributed by atoms with Gasteiger partial charge in [-0.25, -0.2) is 4.68 Å². The van der Waals surface area contributed by atoms with Crippen molar-refractivity contribution in [2.75, 3.05) is 20.3 Å². The smallest absolute Gasteiger partial charge is 0.174 e. The molecule has 0 aliphatic carbocycles. The Morgan fingerprint density at radius 1 is 1.29 bits per heavy atom. The van der Waals surface area contributed by atoms with Gasteiger partial charge in [0.15, 0.2) is 5.82 Å². The van der Waals surface area contributed by atoms with Crippen molar-refractivity contribution in [1.82, 2.24) is 24.9 Å². The highest BCUT2D eigenvalue weighted by molar-refractivity contribution is 5.19. The molecule has 0 atom stereocenters. The zero-order valence-corrected chi connectivity index (χ0v) is 10.1. The highest BCUT2D eigenvalue weighted by Crippen LogP contribution is 2.03. The quantitative estimate of drug-likeness (QED) is 0.734. The Bertz CT molecular complexity index is 462. The number of hydrogen-bond acceptors (Lipinski definition) is 4. The predicted octanol–water partition coefficient (Wildman–Crippen LogP) is 0.342. The van der Waals surface area contributed by atoms with E-state index in [4.69, 9.17) is 4.74 Å². The monoisotopic (exact) mass is 235 g/mol. The zero-order valence-electron chi connectivity index (χ0n) is 10.1. The van der Waals surface area contributed by atoms with Crippen LogP contribution in [0.1, 0.15) is 5.69 Å². The van der Waals surface area contributed by atoms with Gasteiger partial charge in [-0.2, -0.15) is 10.2 Å². The summed E-state index contributed by atoms with van der Waals surface area (Å²) >= 11 is 0. The SMILES string of the molecule is COCCNCc1ccn(-c2ccn(C)n2)n1. The standard InChI is InChI=1S/C11H17N5O/c1-15-6-4-11(14-15)16-7-3-10(13-16)9-12-5-8-17-2/h3-4,6-7,12H,5,8-9H2,1-2H3. The third kappa shape index (κ3) is 3.15. The van der Waals surface area contributed by atoms with E-state index in [2.05, 4.69) is 15.5 Å². The molecule has 1 N–H and O–H groups in total. The van der Waals surface area contributed by atoms with E-state index in [0.29, 0.717) is 6.61 Å². The first-order valence-electron chi connectivity index (χ1n) is 5.54. The number of nitrogens with zero attached hydrogens (tertiary/aromatic N) is 4. The molecule has 6 nitrogen and oxygen atoms in total. The van der Waals surface area contributed by atoms with Crippen LogP contribution in [0.5, 0.6) is 0 Å². The van der Waals surface area contributed by atoms with Gasteiger partial charge in [-0.15, -0.1) is 0 Å². The second kappa shape index (κ2) is 5.60. The topological polar surface area (TPSA) is 56.9 Å². The molecule has 0 aromatic carbocycles. The number of methoxy groups -OCH3 is 1. The Morgan fingerprint density at radius 2 is 2.18 bits per heavy atom. The molecule has 0 aliphatic rings. The third-order valence-corrected chi connectivity index (χ3v) is 2.37. The first-order chi connectivity index (χ1) is 8.29. The highest BCUT2D eigenvalue weighted by Gasteiger charge is 2.02. The first kappa shape index (κ1) is 11.8. The molecular weight excluding hydrogens is 218 g/mol. The predicted molar refractivity (Wildman–Crippen MR) is 63.9 cm³/mol. The van der Waals surface area contributed by atoms with Crippen molar-refractivity contribution in [1.29, 1.82) is 0 Å². The van der Waals surface area contributed by atoms with Gasteiger partial charge in [0, 0.05) is 45.7 Å². The molecule has 0 saturated heterocycles. The third-order valence-electron chi connectivity index (χ3n) is 2.37. The van der Waals surface area contributed by atoms with Gasteiger partial charge in [0.05, 0.1) is 12.3 Å². The molecule has 0 bridgehead atoms. The van der Waals surface area contributed by atoms with Gasteiger partial charge < -0.3 is 10.1 Å². The summed E-state index contributed by atoms with van der Waals surface area (Å²) < 4.78 is 8.48. The van der Waals surface area contributed by atoms with Crippen LogP contribution in [0.3, 0.4) is 0 Å². The minimum Gasteiger partial charge on any atom is -0.383 e. The lowest BCUT2D eigenvalue weighted by Crippen LogP contribution is -2.18. The molecule has 2 aromatic heterocycles. The van der Waals surface area contributed by atoms with E-state index in [1.807, 2.05) is 31.6 Å². The van der Waals surface area contributed by atoms with Crippen molar-refractivity contribution in [2.45, 2.75) is 6.54 Å². The van der Waals surface area contributed by atoms with Crippen LogP contribution in [-0.4, -0.2) is 39.8 Å². The molecule has 0 aliphatic heterocycles. The minimum absolute atomic E-state index is 0.709. The van der Waals surface area contributed by atoms with Crippen molar-refractivity contribution >= 4 is 0 Å². The van der Waals surface area contributed by atoms with E-state index in [1.54, 1.807) is 16.5 Å². The van der Waals surface area contributed by atoms with Crippen LogP contribution < -0.4 is 5.32 Å². The summed E-state index contributed by atoms with van der Waals surface area (Å²) in [4.78, 5) is 0. The van der Waals surface area contributed by atoms with Crippen molar-refractivity contribution < 1.29 is 4.74 Å². The normalized spacial score (nSPS) is 10.9.